The van der Waals surface area contributed by atoms with E-state index in [0.717, 1.165) is 22.0 Å². The number of hydrogen-bond donors (Lipinski definition) is 0. The molecule has 1 heterocycles. The zero-order chi connectivity index (χ0) is 15.0. The Morgan fingerprint density at radius 2 is 1.86 bits per heavy atom. The minimum absolute atomic E-state index is 0.445. The van der Waals surface area contributed by atoms with E-state index >= 15 is 0 Å². The maximum atomic E-state index is 11.7. The van der Waals surface area contributed by atoms with Crippen molar-refractivity contribution in [2.24, 2.45) is 0 Å². The largest absolute Gasteiger partial charge is 0.276 e. The molecule has 1 aromatic heterocycles. The average Bonchev–Trinajstić information content (AvgIpc) is 2.46. The van der Waals surface area contributed by atoms with Gasteiger partial charge in [-0.1, -0.05) is 41.4 Å². The summed E-state index contributed by atoms with van der Waals surface area (Å²) >= 11 is 11.9. The van der Waals surface area contributed by atoms with Gasteiger partial charge in [0, 0.05) is 21.5 Å². The van der Waals surface area contributed by atoms with Gasteiger partial charge >= 0.3 is 0 Å². The molecule has 0 N–H and O–H groups in total. The van der Waals surface area contributed by atoms with Crippen molar-refractivity contribution >= 4 is 39.3 Å². The predicted molar refractivity (Wildman–Crippen MR) is 87.1 cm³/mol. The molecule has 3 rings (SSSR count). The van der Waals surface area contributed by atoms with Crippen molar-refractivity contribution in [1.82, 2.24) is 4.98 Å². The zero-order valence-corrected chi connectivity index (χ0v) is 12.7. The summed E-state index contributed by atoms with van der Waals surface area (Å²) in [6.07, 6.45) is 0. The number of aromatic nitrogens is 1. The van der Waals surface area contributed by atoms with Crippen LogP contribution in [0.5, 0.6) is 0 Å². The van der Waals surface area contributed by atoms with Crippen LogP contribution in [0.2, 0.25) is 5.02 Å². The van der Waals surface area contributed by atoms with Gasteiger partial charge in [-0.15, -0.1) is 0 Å². The van der Waals surface area contributed by atoms with Gasteiger partial charge < -0.3 is 0 Å². The topological polar surface area (TPSA) is 30.0 Å². The fourth-order valence-electron chi connectivity index (χ4n) is 2.31. The van der Waals surface area contributed by atoms with Crippen molar-refractivity contribution in [3.63, 3.8) is 0 Å². The summed E-state index contributed by atoms with van der Waals surface area (Å²) in [6.45, 7) is 1.96. The maximum absolute atomic E-state index is 11.7. The third kappa shape index (κ3) is 2.65. The van der Waals surface area contributed by atoms with Crippen molar-refractivity contribution in [1.29, 1.82) is 0 Å². The normalized spacial score (nSPS) is 10.8. The number of hydrogen-bond acceptors (Lipinski definition) is 2. The van der Waals surface area contributed by atoms with Crippen LogP contribution in [0.25, 0.3) is 22.2 Å². The highest BCUT2D eigenvalue weighted by atomic mass is 35.5. The van der Waals surface area contributed by atoms with E-state index < -0.39 is 5.24 Å². The molecule has 0 radical (unpaired) electrons. The van der Waals surface area contributed by atoms with Gasteiger partial charge in [0.25, 0.3) is 5.24 Å². The maximum Gasteiger partial charge on any atom is 0.253 e. The predicted octanol–water partition coefficient (Wildman–Crippen LogP) is 5.24. The van der Waals surface area contributed by atoms with E-state index in [1.807, 2.05) is 43.3 Å². The molecular formula is C17H11Cl2NO. The van der Waals surface area contributed by atoms with E-state index in [2.05, 4.69) is 4.98 Å². The molecule has 0 saturated carbocycles. The molecule has 3 aromatic rings. The van der Waals surface area contributed by atoms with E-state index in [4.69, 9.17) is 23.2 Å². The first-order valence-electron chi connectivity index (χ1n) is 6.42. The summed E-state index contributed by atoms with van der Waals surface area (Å²) in [5, 5.41) is 0.844. The van der Waals surface area contributed by atoms with Gasteiger partial charge in [-0.05, 0) is 42.8 Å². The van der Waals surface area contributed by atoms with E-state index in [1.165, 1.54) is 0 Å². The van der Waals surface area contributed by atoms with Crippen molar-refractivity contribution in [2.75, 3.05) is 0 Å². The number of carbonyl (C=O) groups excluding carboxylic acids is 1. The molecule has 2 nitrogen and oxygen atoms in total. The molecule has 0 aliphatic heterocycles. The number of rotatable bonds is 2. The second-order valence-electron chi connectivity index (χ2n) is 4.83. The minimum atomic E-state index is -0.499. The van der Waals surface area contributed by atoms with Crippen LogP contribution >= 0.6 is 23.2 Å². The lowest BCUT2D eigenvalue weighted by molar-refractivity contribution is 0.108. The Hall–Kier alpha value is -1.90. The average molecular weight is 316 g/mol. The Morgan fingerprint density at radius 3 is 2.57 bits per heavy atom. The Kier molecular flexibility index (Phi) is 3.66. The monoisotopic (exact) mass is 315 g/mol. The standard InChI is InChI=1S/C17H11Cl2NO/c1-10-6-7-15-12(8-10)13(17(19)21)9-16(20-15)11-4-2-3-5-14(11)18/h2-9H,1H3. The van der Waals surface area contributed by atoms with Crippen LogP contribution in [0.15, 0.2) is 48.5 Å². The van der Waals surface area contributed by atoms with E-state index in [0.29, 0.717) is 16.3 Å². The van der Waals surface area contributed by atoms with E-state index in [9.17, 15) is 4.79 Å². The molecule has 0 aliphatic rings. The molecule has 0 saturated heterocycles. The van der Waals surface area contributed by atoms with Gasteiger partial charge in [-0.3, -0.25) is 4.79 Å². The lowest BCUT2D eigenvalue weighted by Gasteiger charge is -2.09. The van der Waals surface area contributed by atoms with Crippen LogP contribution in [0.1, 0.15) is 15.9 Å². The summed E-state index contributed by atoms with van der Waals surface area (Å²) < 4.78 is 0. The molecule has 4 heteroatoms. The highest BCUT2D eigenvalue weighted by Gasteiger charge is 2.13. The molecule has 0 fully saturated rings. The lowest BCUT2D eigenvalue weighted by atomic mass is 10.0. The molecule has 0 bridgehead atoms. The second-order valence-corrected chi connectivity index (χ2v) is 5.58. The van der Waals surface area contributed by atoms with E-state index in [1.54, 1.807) is 12.1 Å². The Balaban J connectivity index is 2.34. The van der Waals surface area contributed by atoms with Crippen LogP contribution in [-0.2, 0) is 0 Å². The van der Waals surface area contributed by atoms with Crippen LogP contribution in [0.4, 0.5) is 0 Å². The smallest absolute Gasteiger partial charge is 0.253 e. The van der Waals surface area contributed by atoms with Gasteiger partial charge in [0.2, 0.25) is 0 Å². The van der Waals surface area contributed by atoms with Gasteiger partial charge in [-0.2, -0.15) is 0 Å². The SMILES string of the molecule is Cc1ccc2nc(-c3ccccc3Cl)cc(C(=O)Cl)c2c1. The van der Waals surface area contributed by atoms with Gasteiger partial charge in [-0.25, -0.2) is 4.98 Å². The molecule has 2 aromatic carbocycles. The molecule has 0 spiro atoms. The summed E-state index contributed by atoms with van der Waals surface area (Å²) in [4.78, 5) is 16.3. The summed E-state index contributed by atoms with van der Waals surface area (Å²) in [5.74, 6) is 0. The Labute approximate surface area is 132 Å². The first-order chi connectivity index (χ1) is 10.1. The number of fused-ring (bicyclic) bond motifs is 1. The molecule has 104 valence electrons. The lowest BCUT2D eigenvalue weighted by Crippen LogP contribution is -1.96. The molecule has 0 atom stereocenters. The van der Waals surface area contributed by atoms with Gasteiger partial charge in [0.15, 0.2) is 0 Å². The van der Waals surface area contributed by atoms with Crippen molar-refractivity contribution in [2.45, 2.75) is 6.92 Å². The van der Waals surface area contributed by atoms with Crippen LogP contribution in [0.3, 0.4) is 0 Å². The summed E-state index contributed by atoms with van der Waals surface area (Å²) in [5.41, 5.74) is 3.64. The number of carbonyl (C=O) groups is 1. The molecule has 0 amide bonds. The Bertz CT molecular complexity index is 859. The highest BCUT2D eigenvalue weighted by Crippen LogP contribution is 2.30. The fraction of sp³-hybridized carbons (Fsp3) is 0.0588. The molecule has 0 unspecified atom stereocenters. The zero-order valence-electron chi connectivity index (χ0n) is 11.2. The molecule has 0 aliphatic carbocycles. The van der Waals surface area contributed by atoms with Gasteiger partial charge in [0.1, 0.15) is 0 Å². The number of nitrogens with zero attached hydrogens (tertiary/aromatic N) is 1. The van der Waals surface area contributed by atoms with Crippen LogP contribution in [0, 0.1) is 6.92 Å². The third-order valence-electron chi connectivity index (χ3n) is 3.33. The summed E-state index contributed by atoms with van der Waals surface area (Å²) in [6, 6.07) is 14.8. The molecular weight excluding hydrogens is 305 g/mol. The highest BCUT2D eigenvalue weighted by molar-refractivity contribution is 6.68. The van der Waals surface area contributed by atoms with Crippen molar-refractivity contribution < 1.29 is 4.79 Å². The third-order valence-corrected chi connectivity index (χ3v) is 3.86. The first kappa shape index (κ1) is 14.1. The fourth-order valence-corrected chi connectivity index (χ4v) is 2.70. The van der Waals surface area contributed by atoms with Crippen LogP contribution in [-0.4, -0.2) is 10.2 Å². The minimum Gasteiger partial charge on any atom is -0.276 e. The van der Waals surface area contributed by atoms with Crippen molar-refractivity contribution in [3.8, 4) is 11.3 Å². The second kappa shape index (κ2) is 5.47. The van der Waals surface area contributed by atoms with Crippen molar-refractivity contribution in [3.05, 3.63) is 64.7 Å². The number of aryl methyl sites for hydroxylation is 1. The number of benzene rings is 2. The van der Waals surface area contributed by atoms with E-state index in [-0.39, 0.29) is 0 Å². The van der Waals surface area contributed by atoms with Gasteiger partial charge in [0.05, 0.1) is 11.2 Å². The first-order valence-corrected chi connectivity index (χ1v) is 7.18. The summed E-state index contributed by atoms with van der Waals surface area (Å²) in [7, 11) is 0. The van der Waals surface area contributed by atoms with Crippen LogP contribution < -0.4 is 0 Å². The Morgan fingerprint density at radius 1 is 1.10 bits per heavy atom. The number of halogens is 2. The molecule has 21 heavy (non-hydrogen) atoms. The quantitative estimate of drug-likeness (QED) is 0.605. The number of pyridine rings is 1.